The summed E-state index contributed by atoms with van der Waals surface area (Å²) in [6, 6.07) is 0. The van der Waals surface area contributed by atoms with Crippen molar-refractivity contribution in [1.82, 2.24) is 0 Å². The third-order valence-corrected chi connectivity index (χ3v) is 2.06. The second-order valence-electron chi connectivity index (χ2n) is 3.36. The Morgan fingerprint density at radius 2 is 1.50 bits per heavy atom. The Morgan fingerprint density at radius 3 is 1.93 bits per heavy atom. The molecule has 1 atom stereocenters. The van der Waals surface area contributed by atoms with Gasteiger partial charge in [0.1, 0.15) is 0 Å². The average molecular weight is 204 g/mol. The number of hydrogen-bond acceptors (Lipinski definition) is 3. The Kier molecular flexibility index (Phi) is 9.35. The molecule has 0 radical (unpaired) electrons. The molecule has 0 aliphatic heterocycles. The summed E-state index contributed by atoms with van der Waals surface area (Å²) >= 11 is 0. The monoisotopic (exact) mass is 204 g/mol. The summed E-state index contributed by atoms with van der Waals surface area (Å²) in [7, 11) is 0. The largest absolute Gasteiger partial charge is 0.393 e. The van der Waals surface area contributed by atoms with Crippen LogP contribution < -0.4 is 0 Å². The topological polar surface area (TPSA) is 38.7 Å². The fourth-order valence-corrected chi connectivity index (χ4v) is 1.39. The standard InChI is InChI=1S/C11H24O3/c1-4-7-10(12)8-9-11(13-5-2)14-6-3/h10-12H,4-9H2,1-3H3. The maximum absolute atomic E-state index is 9.52. The molecule has 1 N–H and O–H groups in total. The van der Waals surface area contributed by atoms with Crippen LogP contribution in [0.4, 0.5) is 0 Å². The van der Waals surface area contributed by atoms with Gasteiger partial charge in [0.05, 0.1) is 6.10 Å². The zero-order chi connectivity index (χ0) is 10.8. The van der Waals surface area contributed by atoms with Crippen LogP contribution in [0.1, 0.15) is 46.5 Å². The minimum Gasteiger partial charge on any atom is -0.393 e. The Balaban J connectivity index is 3.57. The molecule has 0 fully saturated rings. The van der Waals surface area contributed by atoms with Crippen LogP contribution in [0, 0.1) is 0 Å². The molecule has 0 bridgehead atoms. The molecule has 0 spiro atoms. The molecule has 3 nitrogen and oxygen atoms in total. The maximum atomic E-state index is 9.52. The quantitative estimate of drug-likeness (QED) is 0.586. The van der Waals surface area contributed by atoms with E-state index in [1.54, 1.807) is 0 Å². The highest BCUT2D eigenvalue weighted by molar-refractivity contribution is 4.56. The number of rotatable bonds is 9. The predicted octanol–water partition coefficient (Wildman–Crippen LogP) is 2.33. The summed E-state index contributed by atoms with van der Waals surface area (Å²) in [6.07, 6.45) is 3.08. The lowest BCUT2D eigenvalue weighted by Crippen LogP contribution is -2.20. The Bertz CT molecular complexity index is 111. The Morgan fingerprint density at radius 1 is 0.929 bits per heavy atom. The zero-order valence-corrected chi connectivity index (χ0v) is 9.66. The van der Waals surface area contributed by atoms with Crippen LogP contribution in [0.15, 0.2) is 0 Å². The molecule has 0 heterocycles. The van der Waals surface area contributed by atoms with Gasteiger partial charge in [-0.1, -0.05) is 13.3 Å². The van der Waals surface area contributed by atoms with Crippen molar-refractivity contribution in [3.8, 4) is 0 Å². The summed E-state index contributed by atoms with van der Waals surface area (Å²) in [5.41, 5.74) is 0. The smallest absolute Gasteiger partial charge is 0.157 e. The lowest BCUT2D eigenvalue weighted by Gasteiger charge is -2.18. The van der Waals surface area contributed by atoms with Crippen molar-refractivity contribution in [2.75, 3.05) is 13.2 Å². The first kappa shape index (κ1) is 13.9. The minimum atomic E-state index is -0.205. The molecule has 0 saturated heterocycles. The second-order valence-corrected chi connectivity index (χ2v) is 3.36. The first-order chi connectivity index (χ1) is 6.74. The Hall–Kier alpha value is -0.120. The maximum Gasteiger partial charge on any atom is 0.157 e. The zero-order valence-electron chi connectivity index (χ0n) is 9.66. The average Bonchev–Trinajstić information content (AvgIpc) is 2.15. The third-order valence-electron chi connectivity index (χ3n) is 2.06. The van der Waals surface area contributed by atoms with Gasteiger partial charge in [-0.2, -0.15) is 0 Å². The van der Waals surface area contributed by atoms with E-state index in [1.165, 1.54) is 0 Å². The molecular weight excluding hydrogens is 180 g/mol. The highest BCUT2D eigenvalue weighted by Gasteiger charge is 2.10. The molecule has 3 heteroatoms. The first-order valence-electron chi connectivity index (χ1n) is 5.65. The fourth-order valence-electron chi connectivity index (χ4n) is 1.39. The van der Waals surface area contributed by atoms with Crippen LogP contribution in [0.25, 0.3) is 0 Å². The molecule has 0 aromatic heterocycles. The highest BCUT2D eigenvalue weighted by Crippen LogP contribution is 2.10. The van der Waals surface area contributed by atoms with Crippen LogP contribution in [-0.4, -0.2) is 30.7 Å². The van der Waals surface area contributed by atoms with Crippen molar-refractivity contribution in [1.29, 1.82) is 0 Å². The molecule has 14 heavy (non-hydrogen) atoms. The van der Waals surface area contributed by atoms with E-state index >= 15 is 0 Å². The number of aliphatic hydroxyl groups excluding tert-OH is 1. The van der Waals surface area contributed by atoms with Crippen molar-refractivity contribution in [2.45, 2.75) is 58.8 Å². The Labute approximate surface area is 87.4 Å². The molecule has 86 valence electrons. The number of hydrogen-bond donors (Lipinski definition) is 1. The molecule has 1 unspecified atom stereocenters. The van der Waals surface area contributed by atoms with E-state index in [-0.39, 0.29) is 12.4 Å². The van der Waals surface area contributed by atoms with Crippen LogP contribution in [0.5, 0.6) is 0 Å². The lowest BCUT2D eigenvalue weighted by molar-refractivity contribution is -0.143. The number of ether oxygens (including phenoxy) is 2. The van der Waals surface area contributed by atoms with Gasteiger partial charge in [0.2, 0.25) is 0 Å². The van der Waals surface area contributed by atoms with Gasteiger partial charge in [-0.3, -0.25) is 0 Å². The summed E-state index contributed by atoms with van der Waals surface area (Å²) in [5, 5.41) is 9.52. The van der Waals surface area contributed by atoms with E-state index in [0.717, 1.165) is 25.7 Å². The summed E-state index contributed by atoms with van der Waals surface area (Å²) in [6.45, 7) is 7.30. The molecular formula is C11H24O3. The van der Waals surface area contributed by atoms with E-state index < -0.39 is 0 Å². The van der Waals surface area contributed by atoms with Gasteiger partial charge in [0.25, 0.3) is 0 Å². The predicted molar refractivity (Wildman–Crippen MR) is 57.2 cm³/mol. The molecule has 0 amide bonds. The van der Waals surface area contributed by atoms with E-state index in [4.69, 9.17) is 9.47 Å². The summed E-state index contributed by atoms with van der Waals surface area (Å²) in [4.78, 5) is 0. The van der Waals surface area contributed by atoms with Crippen LogP contribution in [-0.2, 0) is 9.47 Å². The van der Waals surface area contributed by atoms with Gasteiger partial charge in [-0.25, -0.2) is 0 Å². The van der Waals surface area contributed by atoms with Crippen LogP contribution in [0.3, 0.4) is 0 Å². The van der Waals surface area contributed by atoms with E-state index in [0.29, 0.717) is 13.2 Å². The van der Waals surface area contributed by atoms with Crippen molar-refractivity contribution in [2.24, 2.45) is 0 Å². The third kappa shape index (κ3) is 7.30. The minimum absolute atomic E-state index is 0.142. The van der Waals surface area contributed by atoms with Gasteiger partial charge in [0.15, 0.2) is 6.29 Å². The number of aliphatic hydroxyl groups is 1. The summed E-state index contributed by atoms with van der Waals surface area (Å²) < 4.78 is 10.8. The molecule has 0 rings (SSSR count). The molecule has 0 aliphatic carbocycles. The second kappa shape index (κ2) is 9.44. The van der Waals surface area contributed by atoms with Gasteiger partial charge in [0, 0.05) is 19.6 Å². The van der Waals surface area contributed by atoms with Crippen LogP contribution >= 0.6 is 0 Å². The highest BCUT2D eigenvalue weighted by atomic mass is 16.7. The van der Waals surface area contributed by atoms with Gasteiger partial charge < -0.3 is 14.6 Å². The van der Waals surface area contributed by atoms with Crippen molar-refractivity contribution >= 4 is 0 Å². The van der Waals surface area contributed by atoms with Gasteiger partial charge in [-0.05, 0) is 26.7 Å². The normalized spacial score (nSPS) is 13.5. The molecule has 0 aliphatic rings. The van der Waals surface area contributed by atoms with Gasteiger partial charge in [-0.15, -0.1) is 0 Å². The van der Waals surface area contributed by atoms with E-state index in [9.17, 15) is 5.11 Å². The van der Waals surface area contributed by atoms with Gasteiger partial charge >= 0.3 is 0 Å². The van der Waals surface area contributed by atoms with Crippen molar-refractivity contribution in [3.63, 3.8) is 0 Å². The SMILES string of the molecule is CCCC(O)CCC(OCC)OCC. The van der Waals surface area contributed by atoms with E-state index in [2.05, 4.69) is 6.92 Å². The van der Waals surface area contributed by atoms with Crippen molar-refractivity contribution in [3.05, 3.63) is 0 Å². The summed E-state index contributed by atoms with van der Waals surface area (Å²) in [5.74, 6) is 0. The van der Waals surface area contributed by atoms with E-state index in [1.807, 2.05) is 13.8 Å². The molecule has 0 saturated carbocycles. The first-order valence-corrected chi connectivity index (χ1v) is 5.65. The molecule has 0 aromatic rings. The fraction of sp³-hybridized carbons (Fsp3) is 1.00. The van der Waals surface area contributed by atoms with Crippen LogP contribution in [0.2, 0.25) is 0 Å². The van der Waals surface area contributed by atoms with Crippen molar-refractivity contribution < 1.29 is 14.6 Å². The lowest BCUT2D eigenvalue weighted by atomic mass is 10.1. The molecule has 0 aromatic carbocycles.